The second-order valence-corrected chi connectivity index (χ2v) is 13.0. The predicted octanol–water partition coefficient (Wildman–Crippen LogP) is -1.47. The van der Waals surface area contributed by atoms with Crippen LogP contribution in [0, 0.1) is 0 Å². The van der Waals surface area contributed by atoms with Crippen LogP contribution in [-0.4, -0.2) is 74.2 Å². The van der Waals surface area contributed by atoms with Crippen LogP contribution in [0.2, 0.25) is 0 Å². The van der Waals surface area contributed by atoms with Crippen molar-refractivity contribution in [2.24, 2.45) is 10.9 Å². The number of carboxylic acid groups (broad SMARTS) is 1. The first-order valence-electron chi connectivity index (χ1n) is 11.4. The van der Waals surface area contributed by atoms with Crippen molar-refractivity contribution in [2.75, 3.05) is 25.5 Å². The molecule has 0 radical (unpaired) electrons. The maximum absolute atomic E-state index is 13.5. The summed E-state index contributed by atoms with van der Waals surface area (Å²) < 4.78 is 61.3. The molecule has 1 aliphatic rings. The normalized spacial score (nSPS) is 15.3. The lowest BCUT2D eigenvalue weighted by atomic mass is 9.92. The van der Waals surface area contributed by atoms with Gasteiger partial charge in [-0.1, -0.05) is 29.5 Å². The zero-order valence-corrected chi connectivity index (χ0v) is 23.1. The number of nitrogens with zero attached hydrogens (tertiary/aromatic N) is 4. The molecule has 0 amide bonds. The number of carbonyl (C=O) groups excluding carboxylic acids is 1. The van der Waals surface area contributed by atoms with Crippen molar-refractivity contribution in [3.8, 4) is 22.5 Å². The highest BCUT2D eigenvalue weighted by molar-refractivity contribution is 7.92. The highest BCUT2D eigenvalue weighted by atomic mass is 32.2. The number of thiazole rings is 1. The van der Waals surface area contributed by atoms with Gasteiger partial charge in [-0.2, -0.15) is 5.21 Å². The molecule has 0 bridgehead atoms. The molecule has 2 aromatic carbocycles. The Morgan fingerprint density at radius 2 is 1.85 bits per heavy atom. The second kappa shape index (κ2) is 11.5. The first-order valence-corrected chi connectivity index (χ1v) is 15.3. The van der Waals surface area contributed by atoms with Gasteiger partial charge < -0.3 is 26.1 Å². The number of ether oxygens (including phenoxy) is 1. The standard InChI is InChI=1S/C20H23N9O5S3.CH2O2/c21-19-25-16-12(2-1-3-13(16)35-19)11-4-5-14(17(36(23,30)31)15(11)18-26-28-29-27-18)37(32,33)24-10-20(22)6-8-34-9-7-20;2-1-3/h1-5,24H,6-10,22H2,(H2,21,25)(H2,23,30,31)(H,26,27,28,29);1H,(H,2,3)/p-1. The first kappa shape index (κ1) is 29.4. The highest BCUT2D eigenvalue weighted by Crippen LogP contribution is 2.41. The molecule has 1 aliphatic heterocycles. The number of benzene rings is 2. The van der Waals surface area contributed by atoms with Gasteiger partial charge in [0, 0.05) is 37.3 Å². The number of aromatic nitrogens is 5. The predicted molar refractivity (Wildman–Crippen MR) is 142 cm³/mol. The van der Waals surface area contributed by atoms with Crippen molar-refractivity contribution in [1.82, 2.24) is 30.3 Å². The molecule has 5 rings (SSSR count). The Kier molecular flexibility index (Phi) is 8.44. The van der Waals surface area contributed by atoms with Crippen molar-refractivity contribution in [2.45, 2.75) is 28.2 Å². The number of primary sulfonamides is 1. The summed E-state index contributed by atoms with van der Waals surface area (Å²) in [6.45, 7) is 0.160. The van der Waals surface area contributed by atoms with E-state index < -0.39 is 41.8 Å². The fourth-order valence-corrected chi connectivity index (χ4v) is 7.73. The molecule has 8 N–H and O–H groups in total. The summed E-state index contributed by atoms with van der Waals surface area (Å²) in [5, 5.41) is 27.8. The van der Waals surface area contributed by atoms with E-state index in [2.05, 4.69) is 30.3 Å². The zero-order chi connectivity index (χ0) is 29.1. The number of aromatic amines is 1. The fraction of sp³-hybridized carbons (Fsp3) is 0.286. The topological polar surface area (TPSA) is 275 Å². The quantitative estimate of drug-likeness (QED) is 0.150. The van der Waals surface area contributed by atoms with Crippen molar-refractivity contribution in [3.05, 3.63) is 30.3 Å². The van der Waals surface area contributed by atoms with Gasteiger partial charge in [-0.3, -0.25) is 0 Å². The van der Waals surface area contributed by atoms with E-state index in [4.69, 9.17) is 31.2 Å². The summed E-state index contributed by atoms with van der Waals surface area (Å²) in [4.78, 5) is 11.4. The Balaban J connectivity index is 0.00000118. The summed E-state index contributed by atoms with van der Waals surface area (Å²) in [5.41, 5.74) is 12.5. The van der Waals surface area contributed by atoms with Gasteiger partial charge in [-0.05, 0) is 35.8 Å². The third-order valence-electron chi connectivity index (χ3n) is 6.09. The number of sulfonamides is 2. The largest absolute Gasteiger partial charge is 0.554 e. The molecule has 1 fully saturated rings. The summed E-state index contributed by atoms with van der Waals surface area (Å²) in [5.74, 6) is -0.170. The molecule has 0 unspecified atom stereocenters. The Bertz CT molecular complexity index is 1730. The van der Waals surface area contributed by atoms with E-state index in [1.165, 1.54) is 23.5 Å². The maximum Gasteiger partial charge on any atom is 0.242 e. The minimum Gasteiger partial charge on any atom is -0.554 e. The molecule has 2 aromatic heterocycles. The molecule has 3 heterocycles. The van der Waals surface area contributed by atoms with Crippen LogP contribution >= 0.6 is 11.3 Å². The molecule has 4 aromatic rings. The minimum absolute atomic E-state index is 0.126. The van der Waals surface area contributed by atoms with Crippen LogP contribution < -0.4 is 26.4 Å². The molecule has 214 valence electrons. The van der Waals surface area contributed by atoms with E-state index in [0.717, 1.165) is 4.70 Å². The van der Waals surface area contributed by atoms with Gasteiger partial charge in [0.25, 0.3) is 0 Å². The van der Waals surface area contributed by atoms with E-state index in [0.29, 0.717) is 42.3 Å². The number of fused-ring (bicyclic) bond motifs is 1. The van der Waals surface area contributed by atoms with Crippen molar-refractivity contribution in [1.29, 1.82) is 0 Å². The van der Waals surface area contributed by atoms with E-state index in [9.17, 15) is 16.8 Å². The summed E-state index contributed by atoms with van der Waals surface area (Å²) >= 11 is 1.25. The van der Waals surface area contributed by atoms with Crippen molar-refractivity contribution in [3.63, 3.8) is 0 Å². The molecular weight excluding hydrogens is 586 g/mol. The van der Waals surface area contributed by atoms with Gasteiger partial charge in [0.15, 0.2) is 5.13 Å². The molecule has 0 spiro atoms. The molecular formula is C21H24N9O7S3-. The lowest BCUT2D eigenvalue weighted by Gasteiger charge is -2.33. The van der Waals surface area contributed by atoms with E-state index in [1.54, 1.807) is 12.1 Å². The van der Waals surface area contributed by atoms with Crippen LogP contribution in [0.25, 0.3) is 32.7 Å². The third-order valence-corrected chi connectivity index (χ3v) is 9.51. The number of H-pyrrole nitrogens is 1. The second-order valence-electron chi connectivity index (χ2n) is 8.70. The molecule has 1 saturated heterocycles. The van der Waals surface area contributed by atoms with Crippen LogP contribution in [0.1, 0.15) is 12.8 Å². The Labute approximate surface area is 232 Å². The van der Waals surface area contributed by atoms with E-state index in [1.807, 2.05) is 6.07 Å². The van der Waals surface area contributed by atoms with Gasteiger partial charge in [0.1, 0.15) is 9.79 Å². The van der Waals surface area contributed by atoms with Gasteiger partial charge in [-0.25, -0.2) is 31.7 Å². The fourth-order valence-electron chi connectivity index (χ4n) is 4.23. The summed E-state index contributed by atoms with van der Waals surface area (Å²) in [6, 6.07) is 7.87. The Morgan fingerprint density at radius 1 is 1.15 bits per heavy atom. The molecule has 16 nitrogen and oxygen atoms in total. The number of rotatable bonds is 7. The molecule has 0 atom stereocenters. The average Bonchev–Trinajstić information content (AvgIpc) is 3.56. The molecule has 19 heteroatoms. The van der Waals surface area contributed by atoms with Crippen molar-refractivity contribution < 1.29 is 31.5 Å². The third kappa shape index (κ3) is 6.09. The number of carbonyl (C=O) groups is 1. The monoisotopic (exact) mass is 610 g/mol. The van der Waals surface area contributed by atoms with Crippen LogP contribution in [0.5, 0.6) is 0 Å². The molecule has 40 heavy (non-hydrogen) atoms. The van der Waals surface area contributed by atoms with E-state index in [-0.39, 0.29) is 23.5 Å². The van der Waals surface area contributed by atoms with Crippen LogP contribution in [0.15, 0.2) is 40.1 Å². The number of nitrogen functional groups attached to an aromatic ring is 1. The smallest absolute Gasteiger partial charge is 0.242 e. The number of anilines is 1. The van der Waals surface area contributed by atoms with Gasteiger partial charge in [0.2, 0.25) is 25.9 Å². The van der Waals surface area contributed by atoms with Crippen LogP contribution in [0.3, 0.4) is 0 Å². The highest BCUT2D eigenvalue weighted by Gasteiger charge is 2.35. The summed E-state index contributed by atoms with van der Waals surface area (Å²) in [6.07, 6.45) is 0.872. The van der Waals surface area contributed by atoms with Crippen LogP contribution in [-0.2, 0) is 29.6 Å². The number of para-hydroxylation sites is 1. The zero-order valence-electron chi connectivity index (χ0n) is 20.6. The Hall–Kier alpha value is -3.59. The Morgan fingerprint density at radius 3 is 2.48 bits per heavy atom. The first-order chi connectivity index (χ1) is 18.9. The number of hydrogen-bond acceptors (Lipinski definition) is 14. The van der Waals surface area contributed by atoms with Crippen molar-refractivity contribution >= 4 is 53.2 Å². The maximum atomic E-state index is 13.5. The number of tetrazole rings is 1. The number of hydrogen-bond donors (Lipinski definition) is 5. The summed E-state index contributed by atoms with van der Waals surface area (Å²) in [7, 11) is -9.06. The number of nitrogens with one attached hydrogen (secondary N) is 2. The molecule has 0 saturated carbocycles. The van der Waals surface area contributed by atoms with Gasteiger partial charge >= 0.3 is 0 Å². The molecule has 0 aliphatic carbocycles. The SMILES string of the molecule is Nc1nc2c(-c3ccc(S(=O)(=O)NCC4(N)CCOCC4)c(S(N)(=O)=O)c3-c3nn[nH]n3)cccc2s1.O=C[O-]. The lowest BCUT2D eigenvalue weighted by Crippen LogP contribution is -2.53. The van der Waals surface area contributed by atoms with Crippen LogP contribution in [0.4, 0.5) is 5.13 Å². The minimum atomic E-state index is -4.64. The average molecular weight is 611 g/mol. The number of nitrogens with two attached hydrogens (primary N) is 3. The van der Waals surface area contributed by atoms with E-state index >= 15 is 0 Å². The van der Waals surface area contributed by atoms with Gasteiger partial charge in [0.05, 0.1) is 15.8 Å². The lowest BCUT2D eigenvalue weighted by molar-refractivity contribution is -0.283. The van der Waals surface area contributed by atoms with Gasteiger partial charge in [-0.15, -0.1) is 10.2 Å².